The molecule has 1 aromatic carbocycles. The molecule has 28 heavy (non-hydrogen) atoms. The van der Waals surface area contributed by atoms with E-state index in [-0.39, 0.29) is 42.9 Å². The van der Waals surface area contributed by atoms with Gasteiger partial charge in [-0.15, -0.1) is 24.0 Å². The van der Waals surface area contributed by atoms with Gasteiger partial charge in [0.15, 0.2) is 5.96 Å². The first-order chi connectivity index (χ1) is 12.7. The highest BCUT2D eigenvalue weighted by atomic mass is 127. The second kappa shape index (κ2) is 13.7. The van der Waals surface area contributed by atoms with Crippen LogP contribution >= 0.6 is 24.0 Å². The van der Waals surface area contributed by atoms with Gasteiger partial charge in [-0.3, -0.25) is 0 Å². The first-order valence-electron chi connectivity index (χ1n) is 8.42. The minimum absolute atomic E-state index is 0. The lowest BCUT2D eigenvalue weighted by Crippen LogP contribution is -2.38. The molecule has 0 saturated carbocycles. The Morgan fingerprint density at radius 3 is 2.54 bits per heavy atom. The van der Waals surface area contributed by atoms with E-state index in [1.54, 1.807) is 12.1 Å². The highest BCUT2D eigenvalue weighted by Gasteiger charge is 2.27. The Morgan fingerprint density at radius 2 is 1.93 bits per heavy atom. The van der Waals surface area contributed by atoms with E-state index < -0.39 is 19.4 Å². The molecule has 0 unspecified atom stereocenters. The molecule has 11 heteroatoms. The maximum absolute atomic E-state index is 12.5. The van der Waals surface area contributed by atoms with Crippen LogP contribution in [-0.2, 0) is 11.3 Å². The molecule has 0 fully saturated rings. The lowest BCUT2D eigenvalue weighted by molar-refractivity contribution is -0.173. The summed E-state index contributed by atoms with van der Waals surface area (Å²) < 4.78 is 69.9. The van der Waals surface area contributed by atoms with Crippen molar-refractivity contribution in [3.8, 4) is 5.75 Å². The summed E-state index contributed by atoms with van der Waals surface area (Å²) in [5.74, 6) is 0.466. The van der Waals surface area contributed by atoms with Gasteiger partial charge in [0.25, 0.3) is 0 Å². The third-order valence-corrected chi connectivity index (χ3v) is 3.21. The zero-order valence-electron chi connectivity index (χ0n) is 15.6. The Hall–Kier alpha value is -1.37. The predicted octanol–water partition coefficient (Wildman–Crippen LogP) is 4.24. The summed E-state index contributed by atoms with van der Waals surface area (Å²) in [5.41, 5.74) is 1.38. The van der Waals surface area contributed by atoms with Crippen molar-refractivity contribution in [1.29, 1.82) is 0 Å². The molecule has 0 heterocycles. The molecule has 162 valence electrons. The molecule has 0 aliphatic carbocycles. The number of hydrogen-bond acceptors (Lipinski definition) is 3. The van der Waals surface area contributed by atoms with Crippen molar-refractivity contribution >= 4 is 29.9 Å². The van der Waals surface area contributed by atoms with Gasteiger partial charge in [0, 0.05) is 25.3 Å². The summed E-state index contributed by atoms with van der Waals surface area (Å²) in [5, 5.41) is 5.92. The standard InChI is InChI=1S/C17H24F5N3O2.HI/c1-3-23-16(24-7-4-8-26-11-17(20,21)22)25-10-13-9-12(2)5-6-14(13)27-15(18)19;/h5-6,9,15H,3-4,7-8,10-11H2,1-2H3,(H2,23,24,25);1H. The van der Waals surface area contributed by atoms with E-state index in [0.717, 1.165) is 5.56 Å². The van der Waals surface area contributed by atoms with E-state index in [1.165, 1.54) is 6.07 Å². The second-order valence-electron chi connectivity index (χ2n) is 5.63. The number of nitrogens with one attached hydrogen (secondary N) is 2. The normalized spacial score (nSPS) is 11.9. The van der Waals surface area contributed by atoms with Gasteiger partial charge in [-0.2, -0.15) is 22.0 Å². The monoisotopic (exact) mass is 525 g/mol. The summed E-state index contributed by atoms with van der Waals surface area (Å²) >= 11 is 0. The van der Waals surface area contributed by atoms with Crippen molar-refractivity contribution < 1.29 is 31.4 Å². The van der Waals surface area contributed by atoms with Crippen LogP contribution in [0.4, 0.5) is 22.0 Å². The van der Waals surface area contributed by atoms with Crippen LogP contribution in [0.25, 0.3) is 0 Å². The average Bonchev–Trinajstić information content (AvgIpc) is 2.56. The van der Waals surface area contributed by atoms with Crippen molar-refractivity contribution in [3.05, 3.63) is 29.3 Å². The number of aryl methyl sites for hydroxylation is 1. The Bertz CT molecular complexity index is 601. The van der Waals surface area contributed by atoms with Crippen LogP contribution in [0, 0.1) is 6.92 Å². The smallest absolute Gasteiger partial charge is 0.411 e. The van der Waals surface area contributed by atoms with Crippen LogP contribution in [0.3, 0.4) is 0 Å². The first-order valence-corrected chi connectivity index (χ1v) is 8.42. The van der Waals surface area contributed by atoms with Crippen LogP contribution in [0.5, 0.6) is 5.75 Å². The minimum Gasteiger partial charge on any atom is -0.434 e. The molecule has 0 aliphatic heterocycles. The van der Waals surface area contributed by atoms with Crippen molar-refractivity contribution in [2.24, 2.45) is 4.99 Å². The fraction of sp³-hybridized carbons (Fsp3) is 0.588. The van der Waals surface area contributed by atoms with E-state index in [9.17, 15) is 22.0 Å². The average molecular weight is 525 g/mol. The molecule has 0 amide bonds. The maximum Gasteiger partial charge on any atom is 0.411 e. The van der Waals surface area contributed by atoms with Gasteiger partial charge in [-0.25, -0.2) is 4.99 Å². The van der Waals surface area contributed by atoms with E-state index in [0.29, 0.717) is 31.0 Å². The van der Waals surface area contributed by atoms with Gasteiger partial charge in [-0.05, 0) is 26.3 Å². The lowest BCUT2D eigenvalue weighted by atomic mass is 10.1. The molecule has 2 N–H and O–H groups in total. The number of halogens is 6. The number of hydrogen-bond donors (Lipinski definition) is 2. The highest BCUT2D eigenvalue weighted by molar-refractivity contribution is 14.0. The molecule has 1 rings (SSSR count). The largest absolute Gasteiger partial charge is 0.434 e. The first kappa shape index (κ1) is 26.6. The van der Waals surface area contributed by atoms with E-state index in [4.69, 9.17) is 0 Å². The molecular formula is C17H25F5IN3O2. The molecular weight excluding hydrogens is 500 g/mol. The van der Waals surface area contributed by atoms with Crippen molar-refractivity contribution in [2.75, 3.05) is 26.3 Å². The topological polar surface area (TPSA) is 54.9 Å². The Balaban J connectivity index is 0.00000729. The molecule has 0 saturated heterocycles. The van der Waals surface area contributed by atoms with Gasteiger partial charge in [0.05, 0.1) is 6.54 Å². The van der Waals surface area contributed by atoms with Crippen LogP contribution < -0.4 is 15.4 Å². The highest BCUT2D eigenvalue weighted by Crippen LogP contribution is 2.22. The number of alkyl halides is 5. The Labute approximate surface area is 178 Å². The van der Waals surface area contributed by atoms with Gasteiger partial charge < -0.3 is 20.1 Å². The molecule has 0 aliphatic rings. The second-order valence-corrected chi connectivity index (χ2v) is 5.63. The number of guanidine groups is 1. The van der Waals surface area contributed by atoms with Crippen molar-refractivity contribution in [1.82, 2.24) is 10.6 Å². The predicted molar refractivity (Wildman–Crippen MR) is 108 cm³/mol. The third kappa shape index (κ3) is 12.2. The SMILES string of the molecule is CCNC(=NCc1cc(C)ccc1OC(F)F)NCCCOCC(F)(F)F.I. The molecule has 0 atom stereocenters. The van der Waals surface area contributed by atoms with Crippen molar-refractivity contribution in [2.45, 2.75) is 39.6 Å². The van der Waals surface area contributed by atoms with Gasteiger partial charge in [0.2, 0.25) is 0 Å². The fourth-order valence-electron chi connectivity index (χ4n) is 2.12. The lowest BCUT2D eigenvalue weighted by Gasteiger charge is -2.13. The molecule has 0 spiro atoms. The van der Waals surface area contributed by atoms with Gasteiger partial charge in [0.1, 0.15) is 12.4 Å². The van der Waals surface area contributed by atoms with E-state index in [2.05, 4.69) is 25.1 Å². The number of benzene rings is 1. The van der Waals surface area contributed by atoms with Crippen LogP contribution in [0.15, 0.2) is 23.2 Å². The molecule has 0 aromatic heterocycles. The summed E-state index contributed by atoms with van der Waals surface area (Å²) in [7, 11) is 0. The van der Waals surface area contributed by atoms with E-state index in [1.807, 2.05) is 13.8 Å². The summed E-state index contributed by atoms with van der Waals surface area (Å²) in [6, 6.07) is 4.83. The number of aliphatic imine (C=N–C) groups is 1. The Morgan fingerprint density at radius 1 is 1.21 bits per heavy atom. The number of ether oxygens (including phenoxy) is 2. The number of nitrogens with zero attached hydrogens (tertiary/aromatic N) is 1. The molecule has 5 nitrogen and oxygen atoms in total. The van der Waals surface area contributed by atoms with Crippen LogP contribution in [-0.4, -0.2) is 45.1 Å². The number of rotatable bonds is 10. The van der Waals surface area contributed by atoms with Crippen molar-refractivity contribution in [3.63, 3.8) is 0 Å². The minimum atomic E-state index is -4.34. The third-order valence-electron chi connectivity index (χ3n) is 3.21. The maximum atomic E-state index is 12.5. The zero-order valence-corrected chi connectivity index (χ0v) is 17.9. The summed E-state index contributed by atoms with van der Waals surface area (Å²) in [6.07, 6.45) is -3.99. The zero-order chi connectivity index (χ0) is 20.3. The summed E-state index contributed by atoms with van der Waals surface area (Å²) in [4.78, 5) is 4.30. The molecule has 0 bridgehead atoms. The molecule has 1 aromatic rings. The van der Waals surface area contributed by atoms with E-state index >= 15 is 0 Å². The van der Waals surface area contributed by atoms with Crippen LogP contribution in [0.2, 0.25) is 0 Å². The Kier molecular flexibility index (Phi) is 13.1. The van der Waals surface area contributed by atoms with Gasteiger partial charge >= 0.3 is 12.8 Å². The molecule has 0 radical (unpaired) electrons. The summed E-state index contributed by atoms with van der Waals surface area (Å²) in [6.45, 7) is 0.424. The quantitative estimate of drug-likeness (QED) is 0.158. The van der Waals surface area contributed by atoms with Crippen LogP contribution in [0.1, 0.15) is 24.5 Å². The fourth-order valence-corrected chi connectivity index (χ4v) is 2.12. The van der Waals surface area contributed by atoms with Gasteiger partial charge in [-0.1, -0.05) is 17.7 Å².